The Balaban J connectivity index is 1.33. The summed E-state index contributed by atoms with van der Waals surface area (Å²) in [5.74, 6) is 0.0620. The zero-order valence-corrected chi connectivity index (χ0v) is 19.3. The maximum atomic E-state index is 12.6. The maximum Gasteiger partial charge on any atom is 0.286 e. The second kappa shape index (κ2) is 9.35. The van der Waals surface area contributed by atoms with Gasteiger partial charge in [0, 0.05) is 37.2 Å². The largest absolute Gasteiger partial charge is 0.349 e. The molecule has 1 saturated heterocycles. The molecule has 3 aromatic rings. The van der Waals surface area contributed by atoms with Gasteiger partial charge in [-0.3, -0.25) is 4.79 Å². The van der Waals surface area contributed by atoms with Crippen LogP contribution in [0.5, 0.6) is 0 Å². The van der Waals surface area contributed by atoms with E-state index in [-0.39, 0.29) is 5.91 Å². The number of benzene rings is 2. The molecule has 1 aromatic heterocycles. The monoisotopic (exact) mass is 445 g/mol. The van der Waals surface area contributed by atoms with Crippen molar-refractivity contribution in [2.75, 3.05) is 38.1 Å². The summed E-state index contributed by atoms with van der Waals surface area (Å²) < 4.78 is 2.04. The first kappa shape index (κ1) is 21.0. The van der Waals surface area contributed by atoms with E-state index in [1.165, 1.54) is 28.5 Å². The van der Waals surface area contributed by atoms with Gasteiger partial charge in [0.05, 0.1) is 16.1 Å². The molecule has 2 aromatic carbocycles. The minimum absolute atomic E-state index is 0.0620. The molecule has 3 heterocycles. The van der Waals surface area contributed by atoms with Crippen LogP contribution in [0.25, 0.3) is 17.0 Å². The molecule has 0 unspecified atom stereocenters. The van der Waals surface area contributed by atoms with E-state index >= 15 is 0 Å². The van der Waals surface area contributed by atoms with E-state index in [1.807, 2.05) is 16.8 Å². The summed E-state index contributed by atoms with van der Waals surface area (Å²) in [4.78, 5) is 18.5. The lowest BCUT2D eigenvalue weighted by molar-refractivity contribution is -0.658. The van der Waals surface area contributed by atoms with E-state index in [9.17, 15) is 4.79 Å². The van der Waals surface area contributed by atoms with Crippen LogP contribution in [0.15, 0.2) is 70.7 Å². The maximum absolute atomic E-state index is 12.6. The number of carbonyl (C=O) groups excluding carboxylic acids is 1. The van der Waals surface area contributed by atoms with Gasteiger partial charge in [-0.05, 0) is 55.8 Å². The molecular weight excluding hydrogens is 416 g/mol. The summed E-state index contributed by atoms with van der Waals surface area (Å²) in [6, 6.07) is 18.9. The minimum atomic E-state index is 0.0620. The molecule has 1 N–H and O–H groups in total. The molecule has 0 atom stereocenters. The van der Waals surface area contributed by atoms with E-state index < -0.39 is 0 Å². The van der Waals surface area contributed by atoms with Crippen molar-refractivity contribution in [2.24, 2.45) is 0 Å². The van der Waals surface area contributed by atoms with E-state index in [0.717, 1.165) is 36.1 Å². The number of hydrogen-bond donors (Lipinski definition) is 1. The Morgan fingerprint density at radius 2 is 1.88 bits per heavy atom. The molecule has 5 nitrogen and oxygen atoms in total. The first-order valence-electron chi connectivity index (χ1n) is 11.3. The Kier molecular flexibility index (Phi) is 6.14. The molecule has 0 spiro atoms. The summed E-state index contributed by atoms with van der Waals surface area (Å²) in [6.45, 7) is 4.30. The third-order valence-electron chi connectivity index (χ3n) is 6.27. The van der Waals surface area contributed by atoms with Crippen LogP contribution in [-0.4, -0.2) is 44.0 Å². The zero-order valence-electron chi connectivity index (χ0n) is 18.5. The minimum Gasteiger partial charge on any atom is -0.349 e. The second-order valence-electron chi connectivity index (χ2n) is 8.43. The van der Waals surface area contributed by atoms with Crippen molar-refractivity contribution in [3.63, 3.8) is 0 Å². The van der Waals surface area contributed by atoms with Crippen LogP contribution in [0.3, 0.4) is 0 Å². The van der Waals surface area contributed by atoms with Crippen LogP contribution in [-0.2, 0) is 11.3 Å². The number of para-hydroxylation sites is 2. The molecule has 1 amide bonds. The first-order chi connectivity index (χ1) is 15.7. The van der Waals surface area contributed by atoms with Crippen LogP contribution in [0.4, 0.5) is 5.69 Å². The molecule has 1 fully saturated rings. The van der Waals surface area contributed by atoms with E-state index in [1.54, 1.807) is 11.8 Å². The predicted octanol–water partition coefficient (Wildman–Crippen LogP) is 3.88. The summed E-state index contributed by atoms with van der Waals surface area (Å²) in [7, 11) is 2.11. The number of hydrogen-bond acceptors (Lipinski definition) is 4. The van der Waals surface area contributed by atoms with Crippen molar-refractivity contribution in [3.05, 3.63) is 71.4 Å². The fourth-order valence-corrected chi connectivity index (χ4v) is 5.62. The second-order valence-corrected chi connectivity index (χ2v) is 9.49. The third-order valence-corrected chi connectivity index (χ3v) is 7.44. The van der Waals surface area contributed by atoms with Crippen molar-refractivity contribution in [2.45, 2.75) is 24.3 Å². The Labute approximate surface area is 193 Å². The molecule has 164 valence electrons. The van der Waals surface area contributed by atoms with Gasteiger partial charge in [0.15, 0.2) is 6.20 Å². The summed E-state index contributed by atoms with van der Waals surface area (Å²) >= 11 is 1.79. The standard InChI is InChI=1S/C26H28N4OS/c1-28-23-10-4-5-11-24(23)32-26(28)18-20-12-16-30(22-9-3-2-8-21(20)22)19-25(31)27-13-17-29-14-6-7-15-29/h2-5,8-12,16,18H,6-7,13-15,17,19H2,1H3/p+1. The van der Waals surface area contributed by atoms with Crippen LogP contribution in [0.1, 0.15) is 18.4 Å². The van der Waals surface area contributed by atoms with Gasteiger partial charge in [0.1, 0.15) is 0 Å². The highest BCUT2D eigenvalue weighted by Crippen LogP contribution is 2.45. The topological polar surface area (TPSA) is 39.5 Å². The van der Waals surface area contributed by atoms with Gasteiger partial charge in [-0.25, -0.2) is 0 Å². The summed E-state index contributed by atoms with van der Waals surface area (Å²) in [5.41, 5.74) is 3.47. The van der Waals surface area contributed by atoms with Gasteiger partial charge >= 0.3 is 0 Å². The van der Waals surface area contributed by atoms with Crippen LogP contribution in [0, 0.1) is 0 Å². The molecule has 0 aliphatic carbocycles. The number of anilines is 1. The van der Waals surface area contributed by atoms with Gasteiger partial charge in [0.25, 0.3) is 5.91 Å². The van der Waals surface area contributed by atoms with Crippen molar-refractivity contribution in [1.82, 2.24) is 10.2 Å². The highest BCUT2D eigenvalue weighted by Gasteiger charge is 2.22. The number of fused-ring (bicyclic) bond motifs is 2. The van der Waals surface area contributed by atoms with Gasteiger partial charge < -0.3 is 15.1 Å². The summed E-state index contributed by atoms with van der Waals surface area (Å²) in [5, 5.41) is 5.44. The van der Waals surface area contributed by atoms with E-state index in [2.05, 4.69) is 76.8 Å². The normalized spacial score (nSPS) is 17.3. The van der Waals surface area contributed by atoms with Gasteiger partial charge in [-0.2, -0.15) is 4.57 Å². The van der Waals surface area contributed by atoms with Gasteiger partial charge in [0.2, 0.25) is 12.1 Å². The average molecular weight is 446 g/mol. The predicted molar refractivity (Wildman–Crippen MR) is 132 cm³/mol. The number of aromatic nitrogens is 1. The van der Waals surface area contributed by atoms with Crippen molar-refractivity contribution in [1.29, 1.82) is 0 Å². The lowest BCUT2D eigenvalue weighted by Gasteiger charge is -2.14. The lowest BCUT2D eigenvalue weighted by Crippen LogP contribution is -2.44. The van der Waals surface area contributed by atoms with E-state index in [0.29, 0.717) is 13.1 Å². The lowest BCUT2D eigenvalue weighted by atomic mass is 10.1. The first-order valence-corrected chi connectivity index (χ1v) is 12.1. The number of pyridine rings is 1. The fourth-order valence-electron chi connectivity index (χ4n) is 4.52. The van der Waals surface area contributed by atoms with Crippen LogP contribution in [0.2, 0.25) is 0 Å². The number of nitrogens with zero attached hydrogens (tertiary/aromatic N) is 3. The van der Waals surface area contributed by atoms with Crippen molar-refractivity contribution in [3.8, 4) is 0 Å². The molecule has 0 radical (unpaired) electrons. The number of nitrogens with one attached hydrogen (secondary N) is 1. The third kappa shape index (κ3) is 4.38. The average Bonchev–Trinajstić information content (AvgIpc) is 3.44. The Morgan fingerprint density at radius 1 is 1.09 bits per heavy atom. The SMILES string of the molecule is CN1/C(=C/c2cc[n+](CC(=O)NCCN3CCCC3)c3ccccc23)Sc2ccccc21. The molecule has 6 heteroatoms. The number of likely N-dealkylation sites (tertiary alicyclic amines) is 1. The molecule has 0 bridgehead atoms. The molecule has 5 rings (SSSR count). The molecule has 0 saturated carbocycles. The number of thioether (sulfide) groups is 1. The van der Waals surface area contributed by atoms with Crippen LogP contribution >= 0.6 is 11.8 Å². The zero-order chi connectivity index (χ0) is 21.9. The Hall–Kier alpha value is -2.83. The Bertz CT molecular complexity index is 1170. The highest BCUT2D eigenvalue weighted by molar-refractivity contribution is 8.03. The number of carbonyl (C=O) groups is 1. The number of amides is 1. The smallest absolute Gasteiger partial charge is 0.286 e. The molecular formula is C26H29N4OS+. The quantitative estimate of drug-likeness (QED) is 0.585. The molecule has 32 heavy (non-hydrogen) atoms. The van der Waals surface area contributed by atoms with E-state index in [4.69, 9.17) is 0 Å². The summed E-state index contributed by atoms with van der Waals surface area (Å²) in [6.07, 6.45) is 6.83. The van der Waals surface area contributed by atoms with Crippen molar-refractivity contribution >= 4 is 40.3 Å². The van der Waals surface area contributed by atoms with Gasteiger partial charge in [-0.15, -0.1) is 0 Å². The van der Waals surface area contributed by atoms with Gasteiger partial charge in [-0.1, -0.05) is 36.0 Å². The van der Waals surface area contributed by atoms with Crippen molar-refractivity contribution < 1.29 is 9.36 Å². The number of rotatable bonds is 6. The highest BCUT2D eigenvalue weighted by atomic mass is 32.2. The molecule has 2 aliphatic heterocycles. The van der Waals surface area contributed by atoms with Crippen LogP contribution < -0.4 is 14.8 Å². The fraction of sp³-hybridized carbons (Fsp3) is 0.308. The Morgan fingerprint density at radius 3 is 2.72 bits per heavy atom. The molecule has 2 aliphatic rings.